The van der Waals surface area contributed by atoms with Crippen LogP contribution in [0.3, 0.4) is 0 Å². The van der Waals surface area contributed by atoms with Crippen LogP contribution in [0.4, 0.5) is 4.79 Å². The highest BCUT2D eigenvalue weighted by atomic mass is 79.9. The first kappa shape index (κ1) is 12.6. The fourth-order valence-electron chi connectivity index (χ4n) is 1.46. The van der Waals surface area contributed by atoms with E-state index in [1.165, 1.54) is 6.21 Å². The maximum absolute atomic E-state index is 11.3. The molecular weight excluding hydrogens is 302 g/mol. The minimum atomic E-state index is -0.523. The molecule has 1 saturated heterocycles. The number of halogens is 1. The molecule has 1 aliphatic rings. The van der Waals surface area contributed by atoms with E-state index in [1.807, 2.05) is 6.07 Å². The van der Waals surface area contributed by atoms with Crippen molar-refractivity contribution in [3.05, 3.63) is 28.2 Å². The van der Waals surface area contributed by atoms with Crippen LogP contribution >= 0.6 is 15.9 Å². The van der Waals surface area contributed by atoms with Crippen molar-refractivity contribution in [3.63, 3.8) is 0 Å². The SMILES string of the molecule is COc1ccc(Br)cc1/C=N/N1CC(=O)NC1=O. The Morgan fingerprint density at radius 3 is 2.89 bits per heavy atom. The lowest BCUT2D eigenvalue weighted by molar-refractivity contribution is -0.118. The monoisotopic (exact) mass is 311 g/mol. The van der Waals surface area contributed by atoms with E-state index in [0.29, 0.717) is 11.3 Å². The molecule has 0 saturated carbocycles. The standard InChI is InChI=1S/C11H10BrN3O3/c1-18-9-3-2-8(12)4-7(9)5-13-15-6-10(16)14-11(15)17/h2-5H,6H2,1H3,(H,14,16,17)/b13-5+. The molecule has 1 fully saturated rings. The molecule has 94 valence electrons. The molecule has 1 aromatic rings. The minimum absolute atomic E-state index is 0.0638. The van der Waals surface area contributed by atoms with Gasteiger partial charge in [-0.05, 0) is 18.2 Å². The molecule has 0 spiro atoms. The van der Waals surface area contributed by atoms with E-state index in [2.05, 4.69) is 26.3 Å². The van der Waals surface area contributed by atoms with Crippen molar-refractivity contribution in [2.75, 3.05) is 13.7 Å². The Hall–Kier alpha value is -1.89. The summed E-state index contributed by atoms with van der Waals surface area (Å²) in [7, 11) is 1.55. The smallest absolute Gasteiger partial charge is 0.344 e. The number of carbonyl (C=O) groups is 2. The Morgan fingerprint density at radius 2 is 2.28 bits per heavy atom. The number of amides is 3. The summed E-state index contributed by atoms with van der Waals surface area (Å²) in [6.07, 6.45) is 1.47. The van der Waals surface area contributed by atoms with Gasteiger partial charge in [0.15, 0.2) is 0 Å². The largest absolute Gasteiger partial charge is 0.496 e. The summed E-state index contributed by atoms with van der Waals surface area (Å²) in [4.78, 5) is 22.2. The third-order valence-electron chi connectivity index (χ3n) is 2.30. The van der Waals surface area contributed by atoms with Gasteiger partial charge in [-0.3, -0.25) is 10.1 Å². The first-order valence-electron chi connectivity index (χ1n) is 5.09. The zero-order valence-electron chi connectivity index (χ0n) is 9.51. The summed E-state index contributed by atoms with van der Waals surface area (Å²) >= 11 is 3.34. The molecule has 18 heavy (non-hydrogen) atoms. The van der Waals surface area contributed by atoms with Crippen LogP contribution in [0, 0.1) is 0 Å². The number of methoxy groups -OCH3 is 1. The fourth-order valence-corrected chi connectivity index (χ4v) is 1.84. The zero-order valence-corrected chi connectivity index (χ0v) is 11.1. The number of nitrogens with one attached hydrogen (secondary N) is 1. The molecule has 3 amide bonds. The lowest BCUT2D eigenvalue weighted by Crippen LogP contribution is -2.24. The number of carbonyl (C=O) groups excluding carboxylic acids is 2. The Balaban J connectivity index is 2.20. The number of hydrogen-bond donors (Lipinski definition) is 1. The molecule has 1 aromatic carbocycles. The maximum Gasteiger partial charge on any atom is 0.344 e. The maximum atomic E-state index is 11.3. The Bertz CT molecular complexity index is 530. The average molecular weight is 312 g/mol. The molecular formula is C11H10BrN3O3. The van der Waals surface area contributed by atoms with Gasteiger partial charge in [0.05, 0.1) is 13.3 Å². The molecule has 0 bridgehead atoms. The molecule has 2 rings (SSSR count). The molecule has 6 nitrogen and oxygen atoms in total. The van der Waals surface area contributed by atoms with E-state index in [-0.39, 0.29) is 12.5 Å². The second kappa shape index (κ2) is 5.18. The summed E-state index contributed by atoms with van der Waals surface area (Å²) in [5, 5.41) is 7.14. The second-order valence-electron chi connectivity index (χ2n) is 3.54. The topological polar surface area (TPSA) is 71.0 Å². The first-order chi connectivity index (χ1) is 8.60. The molecule has 0 unspecified atom stereocenters. The second-order valence-corrected chi connectivity index (χ2v) is 4.46. The van der Waals surface area contributed by atoms with Gasteiger partial charge in [-0.1, -0.05) is 15.9 Å². The molecule has 1 heterocycles. The average Bonchev–Trinajstić information content (AvgIpc) is 2.65. The third kappa shape index (κ3) is 2.67. The molecule has 1 aliphatic heterocycles. The number of nitrogens with zero attached hydrogens (tertiary/aromatic N) is 2. The summed E-state index contributed by atoms with van der Waals surface area (Å²) in [5.74, 6) is 0.270. The van der Waals surface area contributed by atoms with E-state index in [4.69, 9.17) is 4.74 Å². The van der Waals surface area contributed by atoms with Gasteiger partial charge in [-0.2, -0.15) is 5.10 Å². The highest BCUT2D eigenvalue weighted by molar-refractivity contribution is 9.10. The summed E-state index contributed by atoms with van der Waals surface area (Å²) < 4.78 is 6.03. The van der Waals surface area contributed by atoms with Crippen LogP contribution in [0.1, 0.15) is 5.56 Å². The molecule has 1 N–H and O–H groups in total. The Kier molecular flexibility index (Phi) is 3.61. The summed E-state index contributed by atoms with van der Waals surface area (Å²) in [6.45, 7) is -0.0638. The van der Waals surface area contributed by atoms with Gasteiger partial charge < -0.3 is 4.74 Å². The van der Waals surface area contributed by atoms with Crippen LogP contribution in [-0.4, -0.2) is 36.8 Å². The normalized spacial score (nSPS) is 15.3. The summed E-state index contributed by atoms with van der Waals surface area (Å²) in [5.41, 5.74) is 0.707. The number of benzene rings is 1. The van der Waals surface area contributed by atoms with Gasteiger partial charge in [-0.15, -0.1) is 0 Å². The van der Waals surface area contributed by atoms with Crippen LogP contribution in [0.2, 0.25) is 0 Å². The highest BCUT2D eigenvalue weighted by Gasteiger charge is 2.25. The molecule has 0 atom stereocenters. The highest BCUT2D eigenvalue weighted by Crippen LogP contribution is 2.21. The van der Waals surface area contributed by atoms with Crippen molar-refractivity contribution in [1.82, 2.24) is 10.3 Å². The third-order valence-corrected chi connectivity index (χ3v) is 2.80. The van der Waals surface area contributed by atoms with Crippen LogP contribution in [-0.2, 0) is 4.79 Å². The van der Waals surface area contributed by atoms with Gasteiger partial charge >= 0.3 is 6.03 Å². The van der Waals surface area contributed by atoms with Crippen molar-refractivity contribution in [2.45, 2.75) is 0 Å². The van der Waals surface area contributed by atoms with Gasteiger partial charge in [0, 0.05) is 10.0 Å². The number of urea groups is 1. The van der Waals surface area contributed by atoms with Crippen molar-refractivity contribution in [3.8, 4) is 5.75 Å². The fraction of sp³-hybridized carbons (Fsp3) is 0.182. The van der Waals surface area contributed by atoms with Gasteiger partial charge in [-0.25, -0.2) is 9.80 Å². The zero-order chi connectivity index (χ0) is 13.1. The predicted octanol–water partition coefficient (Wildman–Crippen LogP) is 1.34. The number of imide groups is 1. The predicted molar refractivity (Wildman–Crippen MR) is 68.5 cm³/mol. The van der Waals surface area contributed by atoms with Crippen molar-refractivity contribution in [1.29, 1.82) is 0 Å². The van der Waals surface area contributed by atoms with E-state index in [1.54, 1.807) is 19.2 Å². The summed E-state index contributed by atoms with van der Waals surface area (Å²) in [6, 6.07) is 4.89. The van der Waals surface area contributed by atoms with Crippen molar-refractivity contribution >= 4 is 34.1 Å². The minimum Gasteiger partial charge on any atom is -0.496 e. The number of hydrazone groups is 1. The van der Waals surface area contributed by atoms with Crippen molar-refractivity contribution in [2.24, 2.45) is 5.10 Å². The number of ether oxygens (including phenoxy) is 1. The van der Waals surface area contributed by atoms with E-state index in [9.17, 15) is 9.59 Å². The van der Waals surface area contributed by atoms with Gasteiger partial charge in [0.2, 0.25) is 5.91 Å². The van der Waals surface area contributed by atoms with E-state index >= 15 is 0 Å². The lowest BCUT2D eigenvalue weighted by Gasteiger charge is -2.07. The quantitative estimate of drug-likeness (QED) is 0.676. The lowest BCUT2D eigenvalue weighted by atomic mass is 10.2. The number of rotatable bonds is 3. The van der Waals surface area contributed by atoms with Crippen molar-refractivity contribution < 1.29 is 14.3 Å². The molecule has 0 aromatic heterocycles. The molecule has 7 heteroatoms. The van der Waals surface area contributed by atoms with Crippen LogP contribution < -0.4 is 10.1 Å². The van der Waals surface area contributed by atoms with E-state index < -0.39 is 6.03 Å². The van der Waals surface area contributed by atoms with Crippen LogP contribution in [0.5, 0.6) is 5.75 Å². The van der Waals surface area contributed by atoms with Crippen LogP contribution in [0.15, 0.2) is 27.8 Å². The Morgan fingerprint density at radius 1 is 1.50 bits per heavy atom. The van der Waals surface area contributed by atoms with Crippen LogP contribution in [0.25, 0.3) is 0 Å². The van der Waals surface area contributed by atoms with Gasteiger partial charge in [0.1, 0.15) is 12.3 Å². The number of hydrogen-bond acceptors (Lipinski definition) is 4. The van der Waals surface area contributed by atoms with Gasteiger partial charge in [0.25, 0.3) is 0 Å². The van der Waals surface area contributed by atoms with E-state index in [0.717, 1.165) is 9.48 Å². The Labute approximate surface area is 112 Å². The molecule has 0 aliphatic carbocycles. The molecule has 0 radical (unpaired) electrons. The first-order valence-corrected chi connectivity index (χ1v) is 5.88.